The molecule has 1 nitrogen and oxygen atoms in total. The predicted molar refractivity (Wildman–Crippen MR) is 77.3 cm³/mol. The van der Waals surface area contributed by atoms with Crippen LogP contribution in [-0.4, -0.2) is 0 Å². The van der Waals surface area contributed by atoms with E-state index in [1.54, 1.807) is 13.0 Å². The zero-order chi connectivity index (χ0) is 15.0. The van der Waals surface area contributed by atoms with Gasteiger partial charge in [-0.25, -0.2) is 0 Å². The van der Waals surface area contributed by atoms with Crippen LogP contribution >= 0.6 is 0 Å². The number of anilines is 1. The van der Waals surface area contributed by atoms with Crippen molar-refractivity contribution in [1.82, 2.24) is 0 Å². The number of aryl methyl sites for hydroxylation is 2. The number of hydrogen-bond donors (Lipinski definition) is 1. The van der Waals surface area contributed by atoms with Gasteiger partial charge in [0.2, 0.25) is 0 Å². The maximum Gasteiger partial charge on any atom is 0.416 e. The highest BCUT2D eigenvalue weighted by Gasteiger charge is 2.31. The van der Waals surface area contributed by atoms with E-state index in [1.165, 1.54) is 17.7 Å². The first-order chi connectivity index (χ1) is 9.95. The molecule has 0 radical (unpaired) electrons. The maximum absolute atomic E-state index is 12.7. The Labute approximate surface area is 121 Å². The van der Waals surface area contributed by atoms with E-state index in [-0.39, 0.29) is 6.04 Å². The zero-order valence-electron chi connectivity index (χ0n) is 11.7. The molecule has 0 amide bonds. The Kier molecular flexibility index (Phi) is 3.40. The van der Waals surface area contributed by atoms with Crippen molar-refractivity contribution < 1.29 is 13.2 Å². The molecule has 2 aromatic rings. The Bertz CT molecular complexity index is 661. The van der Waals surface area contributed by atoms with Crippen LogP contribution in [0.1, 0.15) is 34.7 Å². The predicted octanol–water partition coefficient (Wildman–Crippen LogP) is 5.11. The van der Waals surface area contributed by atoms with Crippen LogP contribution in [0.2, 0.25) is 0 Å². The number of fused-ring (bicyclic) bond motifs is 1. The van der Waals surface area contributed by atoms with Gasteiger partial charge in [-0.15, -0.1) is 0 Å². The van der Waals surface area contributed by atoms with E-state index >= 15 is 0 Å². The molecular formula is C17H16F3N. The first-order valence-corrected chi connectivity index (χ1v) is 6.97. The molecule has 0 fully saturated rings. The summed E-state index contributed by atoms with van der Waals surface area (Å²) in [5, 5.41) is 3.43. The van der Waals surface area contributed by atoms with Crippen LogP contribution in [0.4, 0.5) is 18.9 Å². The van der Waals surface area contributed by atoms with E-state index in [2.05, 4.69) is 11.4 Å². The number of hydrogen-bond acceptors (Lipinski definition) is 1. The van der Waals surface area contributed by atoms with Gasteiger partial charge in [-0.1, -0.05) is 24.3 Å². The third kappa shape index (κ3) is 2.75. The largest absolute Gasteiger partial charge is 0.416 e. The molecule has 4 heteroatoms. The molecule has 0 saturated heterocycles. The fourth-order valence-electron chi connectivity index (χ4n) is 2.92. The summed E-state index contributed by atoms with van der Waals surface area (Å²) in [6, 6.07) is 12.1. The van der Waals surface area contributed by atoms with Crippen molar-refractivity contribution in [2.45, 2.75) is 32.0 Å². The number of alkyl halides is 3. The summed E-state index contributed by atoms with van der Waals surface area (Å²) in [5.74, 6) is 0. The lowest BCUT2D eigenvalue weighted by atomic mass is 9.90. The SMILES string of the molecule is Cc1cc(C(F)(F)F)ccc1C1CCc2ccccc2N1. The first-order valence-electron chi connectivity index (χ1n) is 6.97. The van der Waals surface area contributed by atoms with E-state index in [4.69, 9.17) is 0 Å². The summed E-state index contributed by atoms with van der Waals surface area (Å²) >= 11 is 0. The summed E-state index contributed by atoms with van der Waals surface area (Å²) in [4.78, 5) is 0. The van der Waals surface area contributed by atoms with Gasteiger partial charge in [-0.05, 0) is 54.7 Å². The van der Waals surface area contributed by atoms with Crippen molar-refractivity contribution in [3.8, 4) is 0 Å². The van der Waals surface area contributed by atoms with Crippen LogP contribution in [0.15, 0.2) is 42.5 Å². The Morgan fingerprint density at radius 1 is 1.10 bits per heavy atom. The van der Waals surface area contributed by atoms with Crippen molar-refractivity contribution in [3.05, 3.63) is 64.7 Å². The Morgan fingerprint density at radius 2 is 1.86 bits per heavy atom. The molecule has 110 valence electrons. The lowest BCUT2D eigenvalue weighted by molar-refractivity contribution is -0.137. The molecule has 0 spiro atoms. The average molecular weight is 291 g/mol. The highest BCUT2D eigenvalue weighted by atomic mass is 19.4. The van der Waals surface area contributed by atoms with Gasteiger partial charge in [0.05, 0.1) is 11.6 Å². The topological polar surface area (TPSA) is 12.0 Å². The molecule has 1 heterocycles. The van der Waals surface area contributed by atoms with Crippen LogP contribution in [0, 0.1) is 6.92 Å². The van der Waals surface area contributed by atoms with Crippen LogP contribution < -0.4 is 5.32 Å². The minimum Gasteiger partial charge on any atom is -0.378 e. The van der Waals surface area contributed by atoms with Gasteiger partial charge in [-0.3, -0.25) is 0 Å². The number of nitrogens with one attached hydrogen (secondary N) is 1. The lowest BCUT2D eigenvalue weighted by Gasteiger charge is -2.28. The van der Waals surface area contributed by atoms with Crippen molar-refractivity contribution in [1.29, 1.82) is 0 Å². The maximum atomic E-state index is 12.7. The van der Waals surface area contributed by atoms with E-state index in [1.807, 2.05) is 18.2 Å². The molecule has 1 aliphatic heterocycles. The molecule has 1 N–H and O–H groups in total. The van der Waals surface area contributed by atoms with Gasteiger partial charge in [0.25, 0.3) is 0 Å². The fraction of sp³-hybridized carbons (Fsp3) is 0.294. The van der Waals surface area contributed by atoms with Gasteiger partial charge in [0.1, 0.15) is 0 Å². The Morgan fingerprint density at radius 3 is 2.57 bits per heavy atom. The summed E-state index contributed by atoms with van der Waals surface area (Å²) < 4.78 is 38.2. The number of benzene rings is 2. The van der Waals surface area contributed by atoms with Gasteiger partial charge in [0, 0.05) is 5.69 Å². The molecule has 2 aromatic carbocycles. The number of halogens is 3. The molecule has 21 heavy (non-hydrogen) atoms. The monoisotopic (exact) mass is 291 g/mol. The van der Waals surface area contributed by atoms with Crippen LogP contribution in [0.3, 0.4) is 0 Å². The molecule has 0 bridgehead atoms. The number of rotatable bonds is 1. The first kappa shape index (κ1) is 14.0. The smallest absolute Gasteiger partial charge is 0.378 e. The third-order valence-corrected chi connectivity index (χ3v) is 4.02. The van der Waals surface area contributed by atoms with Crippen molar-refractivity contribution >= 4 is 5.69 Å². The molecule has 1 aliphatic rings. The third-order valence-electron chi connectivity index (χ3n) is 4.02. The van der Waals surface area contributed by atoms with Crippen LogP contribution in [0.25, 0.3) is 0 Å². The molecule has 1 atom stereocenters. The Hall–Kier alpha value is -1.97. The summed E-state index contributed by atoms with van der Waals surface area (Å²) in [6.45, 7) is 1.74. The second-order valence-electron chi connectivity index (χ2n) is 5.46. The van der Waals surface area contributed by atoms with E-state index < -0.39 is 11.7 Å². The van der Waals surface area contributed by atoms with Crippen molar-refractivity contribution in [3.63, 3.8) is 0 Å². The molecule has 0 saturated carbocycles. The quantitative estimate of drug-likeness (QED) is 0.769. The summed E-state index contributed by atoms with van der Waals surface area (Å²) in [7, 11) is 0. The van der Waals surface area contributed by atoms with Gasteiger partial charge >= 0.3 is 6.18 Å². The van der Waals surface area contributed by atoms with E-state index in [0.29, 0.717) is 5.56 Å². The normalized spacial score (nSPS) is 18.0. The van der Waals surface area contributed by atoms with Gasteiger partial charge in [0.15, 0.2) is 0 Å². The highest BCUT2D eigenvalue weighted by molar-refractivity contribution is 5.55. The second-order valence-corrected chi connectivity index (χ2v) is 5.46. The highest BCUT2D eigenvalue weighted by Crippen LogP contribution is 2.36. The Balaban J connectivity index is 1.89. The van der Waals surface area contributed by atoms with Gasteiger partial charge < -0.3 is 5.32 Å². The molecule has 1 unspecified atom stereocenters. The van der Waals surface area contributed by atoms with Crippen molar-refractivity contribution in [2.75, 3.05) is 5.32 Å². The van der Waals surface area contributed by atoms with E-state index in [0.717, 1.165) is 24.1 Å². The molecule has 0 aliphatic carbocycles. The fourth-order valence-corrected chi connectivity index (χ4v) is 2.92. The van der Waals surface area contributed by atoms with Crippen LogP contribution in [-0.2, 0) is 12.6 Å². The van der Waals surface area contributed by atoms with Crippen molar-refractivity contribution in [2.24, 2.45) is 0 Å². The average Bonchev–Trinajstić information content (AvgIpc) is 2.45. The summed E-state index contributed by atoms with van der Waals surface area (Å²) in [6.07, 6.45) is -2.45. The second kappa shape index (κ2) is 5.10. The van der Waals surface area contributed by atoms with Gasteiger partial charge in [-0.2, -0.15) is 13.2 Å². The standard InChI is InChI=1S/C17H16F3N/c1-11-10-13(17(18,19)20)7-8-14(11)16-9-6-12-4-2-3-5-15(12)21-16/h2-5,7-8,10,16,21H,6,9H2,1H3. The van der Waals surface area contributed by atoms with E-state index in [9.17, 15) is 13.2 Å². The van der Waals surface area contributed by atoms with Crippen LogP contribution in [0.5, 0.6) is 0 Å². The zero-order valence-corrected chi connectivity index (χ0v) is 11.7. The molecule has 3 rings (SSSR count). The lowest BCUT2D eigenvalue weighted by Crippen LogP contribution is -2.19. The number of para-hydroxylation sites is 1. The molecule has 0 aromatic heterocycles. The molecular weight excluding hydrogens is 275 g/mol. The summed E-state index contributed by atoms with van der Waals surface area (Å²) in [5.41, 5.74) is 3.38. The minimum absolute atomic E-state index is 0.0715. The minimum atomic E-state index is -4.28.